The largest absolute Gasteiger partial charge is 0.416 e. The van der Waals surface area contributed by atoms with E-state index < -0.39 is 41.3 Å². The van der Waals surface area contributed by atoms with Crippen molar-refractivity contribution in [1.29, 1.82) is 0 Å². The van der Waals surface area contributed by atoms with Crippen molar-refractivity contribution in [2.75, 3.05) is 34.8 Å². The van der Waals surface area contributed by atoms with Crippen molar-refractivity contribution in [2.24, 2.45) is 5.92 Å². The molecule has 0 N–H and O–H groups in total. The van der Waals surface area contributed by atoms with E-state index in [4.69, 9.17) is 11.6 Å². The van der Waals surface area contributed by atoms with Crippen LogP contribution in [0.4, 0.5) is 34.8 Å². The minimum atomic E-state index is -4.65. The third-order valence-electron chi connectivity index (χ3n) is 6.02. The SMILES string of the molecule is C=CCN1C[C@H]2CC(=O)N(c3cc(C(F)(F)F)cc(C)n3)[C@@H]2C(=O)N(C)c2cc(F)cc(Cl)c21. The fourth-order valence-corrected chi connectivity index (χ4v) is 4.94. The molecule has 0 radical (unpaired) electrons. The van der Waals surface area contributed by atoms with Crippen molar-refractivity contribution < 1.29 is 27.2 Å². The van der Waals surface area contributed by atoms with Gasteiger partial charge in [0.25, 0.3) is 0 Å². The topological polar surface area (TPSA) is 56.8 Å². The normalized spacial score (nSPS) is 20.7. The van der Waals surface area contributed by atoms with E-state index in [9.17, 15) is 27.2 Å². The Morgan fingerprint density at radius 3 is 2.59 bits per heavy atom. The number of carbonyl (C=O) groups is 2. The Balaban J connectivity index is 1.86. The number of fused-ring (bicyclic) bond motifs is 2. The van der Waals surface area contributed by atoms with E-state index in [1.54, 1.807) is 11.0 Å². The van der Waals surface area contributed by atoms with E-state index in [1.165, 1.54) is 18.9 Å². The summed E-state index contributed by atoms with van der Waals surface area (Å²) < 4.78 is 54.5. The average molecular weight is 497 g/mol. The Labute approximate surface area is 198 Å². The molecule has 2 aliphatic heterocycles. The third kappa shape index (κ3) is 4.11. The first-order valence-corrected chi connectivity index (χ1v) is 10.8. The molecule has 34 heavy (non-hydrogen) atoms. The number of rotatable bonds is 3. The zero-order valence-corrected chi connectivity index (χ0v) is 19.1. The third-order valence-corrected chi connectivity index (χ3v) is 6.31. The Morgan fingerprint density at radius 2 is 1.94 bits per heavy atom. The maximum Gasteiger partial charge on any atom is 0.416 e. The fourth-order valence-electron chi connectivity index (χ4n) is 4.62. The first kappa shape index (κ1) is 24.0. The van der Waals surface area contributed by atoms with Gasteiger partial charge in [0, 0.05) is 38.2 Å². The average Bonchev–Trinajstić information content (AvgIpc) is 3.05. The summed E-state index contributed by atoms with van der Waals surface area (Å²) in [5.41, 5.74) is -0.315. The molecular formula is C23H21ClF4N4O2. The molecule has 0 unspecified atom stereocenters. The van der Waals surface area contributed by atoms with Crippen molar-refractivity contribution in [2.45, 2.75) is 25.6 Å². The van der Waals surface area contributed by atoms with Gasteiger partial charge in [0.1, 0.15) is 17.7 Å². The maximum absolute atomic E-state index is 14.2. The molecule has 2 amide bonds. The van der Waals surface area contributed by atoms with Crippen molar-refractivity contribution >= 4 is 40.6 Å². The van der Waals surface area contributed by atoms with E-state index in [-0.39, 0.29) is 35.2 Å². The van der Waals surface area contributed by atoms with Gasteiger partial charge in [0.05, 0.1) is 22.0 Å². The van der Waals surface area contributed by atoms with Gasteiger partial charge in [-0.2, -0.15) is 13.2 Å². The number of aryl methyl sites for hydroxylation is 1. The zero-order chi connectivity index (χ0) is 24.9. The number of hydrogen-bond acceptors (Lipinski definition) is 4. The molecule has 0 spiro atoms. The quantitative estimate of drug-likeness (QED) is 0.461. The highest BCUT2D eigenvalue weighted by atomic mass is 35.5. The number of alkyl halides is 3. The van der Waals surface area contributed by atoms with Gasteiger partial charge >= 0.3 is 6.18 Å². The lowest BCUT2D eigenvalue weighted by Gasteiger charge is -2.38. The number of benzene rings is 1. The van der Waals surface area contributed by atoms with Crippen LogP contribution in [0.3, 0.4) is 0 Å². The smallest absolute Gasteiger partial charge is 0.365 e. The molecule has 1 saturated heterocycles. The lowest BCUT2D eigenvalue weighted by Crippen LogP contribution is -2.52. The highest BCUT2D eigenvalue weighted by Gasteiger charge is 2.49. The predicted molar refractivity (Wildman–Crippen MR) is 121 cm³/mol. The Kier molecular flexibility index (Phi) is 6.05. The van der Waals surface area contributed by atoms with Gasteiger partial charge < -0.3 is 9.80 Å². The molecule has 0 aliphatic carbocycles. The minimum absolute atomic E-state index is 0.0557. The molecule has 180 valence electrons. The highest BCUT2D eigenvalue weighted by Crippen LogP contribution is 2.43. The maximum atomic E-state index is 14.2. The van der Waals surface area contributed by atoms with Crippen LogP contribution in [0.1, 0.15) is 17.7 Å². The molecule has 6 nitrogen and oxygen atoms in total. The summed E-state index contributed by atoms with van der Waals surface area (Å²) in [6.07, 6.45) is -3.13. The van der Waals surface area contributed by atoms with Crippen LogP contribution in [0, 0.1) is 18.7 Å². The molecule has 0 bridgehead atoms. The summed E-state index contributed by atoms with van der Waals surface area (Å²) >= 11 is 6.34. The number of pyridine rings is 1. The summed E-state index contributed by atoms with van der Waals surface area (Å²) in [6.45, 7) is 5.59. The molecular weight excluding hydrogens is 476 g/mol. The first-order valence-electron chi connectivity index (χ1n) is 10.4. The van der Waals surface area contributed by atoms with Crippen molar-refractivity contribution in [1.82, 2.24) is 4.98 Å². The number of anilines is 3. The van der Waals surface area contributed by atoms with Crippen LogP contribution in [-0.4, -0.2) is 43.0 Å². The van der Waals surface area contributed by atoms with Crippen LogP contribution in [-0.2, 0) is 15.8 Å². The van der Waals surface area contributed by atoms with Crippen LogP contribution >= 0.6 is 11.6 Å². The van der Waals surface area contributed by atoms with E-state index >= 15 is 0 Å². The van der Waals surface area contributed by atoms with Crippen LogP contribution in [0.15, 0.2) is 36.9 Å². The van der Waals surface area contributed by atoms with Gasteiger partial charge in [-0.25, -0.2) is 9.37 Å². The second-order valence-corrected chi connectivity index (χ2v) is 8.78. The lowest BCUT2D eigenvalue weighted by atomic mass is 9.95. The van der Waals surface area contributed by atoms with E-state index in [1.807, 2.05) is 0 Å². The van der Waals surface area contributed by atoms with Crippen LogP contribution in [0.5, 0.6) is 0 Å². The molecule has 11 heteroatoms. The monoisotopic (exact) mass is 496 g/mol. The lowest BCUT2D eigenvalue weighted by molar-refractivity contribution is -0.137. The number of aromatic nitrogens is 1. The summed E-state index contributed by atoms with van der Waals surface area (Å²) in [5, 5.41) is 0.0892. The number of halogens is 5. The minimum Gasteiger partial charge on any atom is -0.365 e. The van der Waals surface area contributed by atoms with E-state index in [2.05, 4.69) is 11.6 Å². The Hall–Kier alpha value is -3.14. The zero-order valence-electron chi connectivity index (χ0n) is 18.4. The fraction of sp³-hybridized carbons (Fsp3) is 0.348. The number of hydrogen-bond donors (Lipinski definition) is 0. The van der Waals surface area contributed by atoms with Gasteiger partial charge in [-0.05, 0) is 31.2 Å². The van der Waals surface area contributed by atoms with Crippen molar-refractivity contribution in [3.05, 3.63) is 59.0 Å². The predicted octanol–water partition coefficient (Wildman–Crippen LogP) is 4.59. The molecule has 2 aliphatic rings. The molecule has 1 aromatic heterocycles. The van der Waals surface area contributed by atoms with E-state index in [0.717, 1.165) is 29.2 Å². The molecule has 3 heterocycles. The van der Waals surface area contributed by atoms with Crippen LogP contribution in [0.25, 0.3) is 0 Å². The van der Waals surface area contributed by atoms with Crippen LogP contribution < -0.4 is 14.7 Å². The number of likely N-dealkylation sites (N-methyl/N-ethyl adjacent to an activating group) is 1. The summed E-state index contributed by atoms with van der Waals surface area (Å²) in [6, 6.07) is 2.81. The molecule has 2 aromatic rings. The number of amides is 2. The summed E-state index contributed by atoms with van der Waals surface area (Å²) in [4.78, 5) is 34.8. The first-order chi connectivity index (χ1) is 15.9. The molecule has 4 rings (SSSR count). The summed E-state index contributed by atoms with van der Waals surface area (Å²) in [5.74, 6) is -2.58. The number of nitrogens with zero attached hydrogens (tertiary/aromatic N) is 4. The van der Waals surface area contributed by atoms with Gasteiger partial charge in [-0.3, -0.25) is 14.5 Å². The highest BCUT2D eigenvalue weighted by molar-refractivity contribution is 6.34. The molecule has 1 aromatic carbocycles. The molecule has 2 atom stereocenters. The van der Waals surface area contributed by atoms with Gasteiger partial charge in [-0.1, -0.05) is 17.7 Å². The van der Waals surface area contributed by atoms with Crippen molar-refractivity contribution in [3.8, 4) is 0 Å². The Morgan fingerprint density at radius 1 is 1.24 bits per heavy atom. The molecule has 0 saturated carbocycles. The van der Waals surface area contributed by atoms with Crippen molar-refractivity contribution in [3.63, 3.8) is 0 Å². The standard InChI is InChI=1S/C23H21ClF4N4O2/c1-4-5-31-11-13-7-19(33)32(18-8-14(23(26,27)28)6-12(2)29-18)20(13)22(34)30(3)17-10-15(25)9-16(24)21(17)31/h4,6,8-10,13,20H,1,5,7,11H2,2-3H3/t13-,20+/m1/s1. The number of carbonyl (C=O) groups excluding carboxylic acids is 2. The second-order valence-electron chi connectivity index (χ2n) is 8.37. The molecule has 1 fully saturated rings. The van der Waals surface area contributed by atoms with Gasteiger partial charge in [-0.15, -0.1) is 6.58 Å². The van der Waals surface area contributed by atoms with Crippen LogP contribution in [0.2, 0.25) is 5.02 Å². The second kappa shape index (κ2) is 8.57. The van der Waals surface area contributed by atoms with Gasteiger partial charge in [0.15, 0.2) is 0 Å². The Bertz CT molecular complexity index is 1190. The van der Waals surface area contributed by atoms with Gasteiger partial charge in [0.2, 0.25) is 11.8 Å². The van der Waals surface area contributed by atoms with E-state index in [0.29, 0.717) is 12.2 Å². The summed E-state index contributed by atoms with van der Waals surface area (Å²) in [7, 11) is 1.41.